The number of nitriles is 1. The first-order chi connectivity index (χ1) is 10.7. The van der Waals surface area contributed by atoms with Gasteiger partial charge in [-0.2, -0.15) is 5.26 Å². The number of aryl methyl sites for hydroxylation is 1. The van der Waals surface area contributed by atoms with Crippen LogP contribution in [0.4, 0.5) is 5.69 Å². The highest BCUT2D eigenvalue weighted by Gasteiger charge is 2.09. The van der Waals surface area contributed by atoms with E-state index in [4.69, 9.17) is 5.26 Å². The monoisotopic (exact) mass is 287 g/mol. The summed E-state index contributed by atoms with van der Waals surface area (Å²) >= 11 is 0. The Kier molecular flexibility index (Phi) is 3.55. The van der Waals surface area contributed by atoms with Gasteiger partial charge in [0.25, 0.3) is 5.91 Å². The fraction of sp³-hybridized carbons (Fsp3) is 0.0556. The van der Waals surface area contributed by atoms with E-state index in [1.165, 1.54) is 0 Å². The molecule has 4 nitrogen and oxygen atoms in total. The summed E-state index contributed by atoms with van der Waals surface area (Å²) in [6.07, 6.45) is 0. The van der Waals surface area contributed by atoms with Crippen LogP contribution in [0.5, 0.6) is 0 Å². The van der Waals surface area contributed by atoms with E-state index >= 15 is 0 Å². The van der Waals surface area contributed by atoms with Gasteiger partial charge in [0.1, 0.15) is 0 Å². The zero-order valence-electron chi connectivity index (χ0n) is 12.0. The normalized spacial score (nSPS) is 10.2. The molecule has 0 aliphatic heterocycles. The molecule has 0 spiro atoms. The summed E-state index contributed by atoms with van der Waals surface area (Å²) in [6, 6.07) is 18.2. The van der Waals surface area contributed by atoms with Crippen LogP contribution in [-0.2, 0) is 0 Å². The summed E-state index contributed by atoms with van der Waals surface area (Å²) in [6.45, 7) is 1.91. The van der Waals surface area contributed by atoms with E-state index in [0.29, 0.717) is 16.8 Å². The van der Waals surface area contributed by atoms with Gasteiger partial charge in [-0.3, -0.25) is 9.78 Å². The Labute approximate surface area is 128 Å². The number of amides is 1. The van der Waals surface area contributed by atoms with Crippen molar-refractivity contribution in [2.75, 3.05) is 5.32 Å². The number of nitrogens with one attached hydrogen (secondary N) is 1. The molecule has 22 heavy (non-hydrogen) atoms. The van der Waals surface area contributed by atoms with Crippen LogP contribution in [0.15, 0.2) is 54.6 Å². The van der Waals surface area contributed by atoms with E-state index in [9.17, 15) is 4.79 Å². The second-order valence-corrected chi connectivity index (χ2v) is 4.98. The number of hydrogen-bond acceptors (Lipinski definition) is 3. The Morgan fingerprint density at radius 1 is 1.14 bits per heavy atom. The number of benzene rings is 2. The van der Waals surface area contributed by atoms with Crippen molar-refractivity contribution in [1.82, 2.24) is 4.98 Å². The lowest BCUT2D eigenvalue weighted by molar-refractivity contribution is 0.102. The summed E-state index contributed by atoms with van der Waals surface area (Å²) in [5.74, 6) is -0.257. The molecule has 1 amide bonds. The molecule has 3 rings (SSSR count). The number of nitrogens with zero attached hydrogens (tertiary/aromatic N) is 2. The zero-order chi connectivity index (χ0) is 15.5. The summed E-state index contributed by atoms with van der Waals surface area (Å²) in [7, 11) is 0. The van der Waals surface area contributed by atoms with Gasteiger partial charge < -0.3 is 5.32 Å². The Hall–Kier alpha value is -3.19. The lowest BCUT2D eigenvalue weighted by atomic mass is 10.1. The van der Waals surface area contributed by atoms with Gasteiger partial charge in [-0.15, -0.1) is 0 Å². The third kappa shape index (κ3) is 2.65. The molecule has 1 aromatic heterocycles. The molecule has 0 saturated heterocycles. The van der Waals surface area contributed by atoms with E-state index in [2.05, 4.69) is 10.3 Å². The highest BCUT2D eigenvalue weighted by atomic mass is 16.1. The highest BCUT2D eigenvalue weighted by Crippen LogP contribution is 2.22. The van der Waals surface area contributed by atoms with Crippen LogP contribution in [0.3, 0.4) is 0 Å². The first kappa shape index (κ1) is 13.8. The first-order valence-electron chi connectivity index (χ1n) is 6.85. The second kappa shape index (κ2) is 5.66. The Morgan fingerprint density at radius 3 is 2.77 bits per heavy atom. The van der Waals surface area contributed by atoms with Gasteiger partial charge in [0.15, 0.2) is 0 Å². The number of aromatic nitrogens is 1. The molecule has 0 fully saturated rings. The van der Waals surface area contributed by atoms with E-state index in [-0.39, 0.29) is 5.91 Å². The summed E-state index contributed by atoms with van der Waals surface area (Å²) in [5, 5.41) is 12.7. The largest absolute Gasteiger partial charge is 0.320 e. The van der Waals surface area contributed by atoms with Gasteiger partial charge in [0.05, 0.1) is 22.8 Å². The van der Waals surface area contributed by atoms with Crippen LogP contribution < -0.4 is 5.32 Å². The average Bonchev–Trinajstić information content (AvgIpc) is 2.55. The number of carbonyl (C=O) groups is 1. The van der Waals surface area contributed by atoms with Crippen molar-refractivity contribution >= 4 is 22.5 Å². The predicted molar refractivity (Wildman–Crippen MR) is 85.6 cm³/mol. The molecular formula is C18H13N3O. The number of rotatable bonds is 2. The summed E-state index contributed by atoms with van der Waals surface area (Å²) in [4.78, 5) is 16.9. The molecule has 1 heterocycles. The van der Waals surface area contributed by atoms with Crippen molar-refractivity contribution in [3.05, 3.63) is 71.4 Å². The van der Waals surface area contributed by atoms with E-state index in [1.54, 1.807) is 24.3 Å². The minimum absolute atomic E-state index is 0.257. The van der Waals surface area contributed by atoms with Crippen molar-refractivity contribution in [1.29, 1.82) is 5.26 Å². The smallest absolute Gasteiger partial charge is 0.255 e. The van der Waals surface area contributed by atoms with Crippen LogP contribution in [0.1, 0.15) is 21.6 Å². The number of para-hydroxylation sites is 1. The fourth-order valence-electron chi connectivity index (χ4n) is 2.27. The maximum absolute atomic E-state index is 12.4. The van der Waals surface area contributed by atoms with Gasteiger partial charge in [0, 0.05) is 16.6 Å². The van der Waals surface area contributed by atoms with Crippen molar-refractivity contribution in [2.45, 2.75) is 6.92 Å². The molecule has 0 aliphatic carbocycles. The van der Waals surface area contributed by atoms with Crippen molar-refractivity contribution < 1.29 is 4.79 Å². The summed E-state index contributed by atoms with van der Waals surface area (Å²) in [5.41, 5.74) is 3.21. The molecule has 0 unspecified atom stereocenters. The van der Waals surface area contributed by atoms with Crippen LogP contribution in [0.25, 0.3) is 10.9 Å². The number of fused-ring (bicyclic) bond motifs is 1. The third-order valence-corrected chi connectivity index (χ3v) is 3.36. The fourth-order valence-corrected chi connectivity index (χ4v) is 2.27. The predicted octanol–water partition coefficient (Wildman–Crippen LogP) is 3.67. The molecule has 2 aromatic carbocycles. The maximum Gasteiger partial charge on any atom is 0.255 e. The standard InChI is InChI=1S/C18H13N3O/c1-12-8-9-14-5-3-7-16(17(14)20-12)21-18(22)15-6-2-4-13(10-15)11-19/h2-10H,1H3,(H,21,22). The van der Waals surface area contributed by atoms with Crippen molar-refractivity contribution in [2.24, 2.45) is 0 Å². The Balaban J connectivity index is 1.97. The number of hydrogen-bond donors (Lipinski definition) is 1. The van der Waals surface area contributed by atoms with E-state index < -0.39 is 0 Å². The molecule has 106 valence electrons. The van der Waals surface area contributed by atoms with Crippen LogP contribution in [-0.4, -0.2) is 10.9 Å². The van der Waals surface area contributed by atoms with Gasteiger partial charge >= 0.3 is 0 Å². The molecular weight excluding hydrogens is 274 g/mol. The number of carbonyl (C=O) groups excluding carboxylic acids is 1. The van der Waals surface area contributed by atoms with Crippen LogP contribution in [0, 0.1) is 18.3 Å². The minimum atomic E-state index is -0.257. The summed E-state index contributed by atoms with van der Waals surface area (Å²) < 4.78 is 0. The van der Waals surface area contributed by atoms with Gasteiger partial charge in [0.2, 0.25) is 0 Å². The van der Waals surface area contributed by atoms with Gasteiger partial charge in [-0.05, 0) is 37.3 Å². The Bertz CT molecular complexity index is 910. The molecule has 1 N–H and O–H groups in total. The topological polar surface area (TPSA) is 65.8 Å². The van der Waals surface area contributed by atoms with Gasteiger partial charge in [-0.25, -0.2) is 0 Å². The van der Waals surface area contributed by atoms with E-state index in [1.807, 2.05) is 43.3 Å². The number of anilines is 1. The van der Waals surface area contributed by atoms with E-state index in [0.717, 1.165) is 16.6 Å². The van der Waals surface area contributed by atoms with Gasteiger partial charge in [-0.1, -0.05) is 24.3 Å². The minimum Gasteiger partial charge on any atom is -0.320 e. The third-order valence-electron chi connectivity index (χ3n) is 3.36. The maximum atomic E-state index is 12.4. The number of pyridine rings is 1. The molecule has 0 radical (unpaired) electrons. The molecule has 0 atom stereocenters. The lowest BCUT2D eigenvalue weighted by Crippen LogP contribution is -2.12. The molecule has 3 aromatic rings. The average molecular weight is 287 g/mol. The highest BCUT2D eigenvalue weighted by molar-refractivity contribution is 6.08. The quantitative estimate of drug-likeness (QED) is 0.782. The molecule has 0 bridgehead atoms. The van der Waals surface area contributed by atoms with Crippen LogP contribution >= 0.6 is 0 Å². The molecule has 4 heteroatoms. The SMILES string of the molecule is Cc1ccc2cccc(NC(=O)c3cccc(C#N)c3)c2n1. The molecule has 0 saturated carbocycles. The first-order valence-corrected chi connectivity index (χ1v) is 6.85. The molecule has 0 aliphatic rings. The van der Waals surface area contributed by atoms with Crippen molar-refractivity contribution in [3.63, 3.8) is 0 Å². The Morgan fingerprint density at radius 2 is 1.95 bits per heavy atom. The van der Waals surface area contributed by atoms with Crippen LogP contribution in [0.2, 0.25) is 0 Å². The lowest BCUT2D eigenvalue weighted by Gasteiger charge is -2.09. The second-order valence-electron chi connectivity index (χ2n) is 4.98. The zero-order valence-corrected chi connectivity index (χ0v) is 12.0. The van der Waals surface area contributed by atoms with Crippen molar-refractivity contribution in [3.8, 4) is 6.07 Å².